The van der Waals surface area contributed by atoms with Crippen LogP contribution in [0.2, 0.25) is 0 Å². The summed E-state index contributed by atoms with van der Waals surface area (Å²) in [5.41, 5.74) is 0.562. The van der Waals surface area contributed by atoms with Gasteiger partial charge in [-0.1, -0.05) is 26.0 Å². The first-order valence-corrected chi connectivity index (χ1v) is 9.86. The molecule has 1 aliphatic heterocycles. The Hall–Kier alpha value is -1.28. The first-order chi connectivity index (χ1) is 11.4. The second-order valence-electron chi connectivity index (χ2n) is 6.12. The number of nitrogens with zero attached hydrogens (tertiary/aromatic N) is 3. The summed E-state index contributed by atoms with van der Waals surface area (Å²) in [4.78, 5) is 17.0. The van der Waals surface area contributed by atoms with Crippen LogP contribution in [0.3, 0.4) is 0 Å². The molecule has 1 fully saturated rings. The summed E-state index contributed by atoms with van der Waals surface area (Å²) in [5.74, 6) is 0.0336. The molecule has 0 N–H and O–H groups in total. The van der Waals surface area contributed by atoms with Crippen molar-refractivity contribution in [1.29, 1.82) is 0 Å². The molecule has 1 aromatic rings. The highest BCUT2D eigenvalue weighted by Gasteiger charge is 2.22. The summed E-state index contributed by atoms with van der Waals surface area (Å²) in [5, 5.41) is 0. The monoisotopic (exact) mass is 353 g/mol. The Bertz CT molecular complexity index is 646. The predicted octanol–water partition coefficient (Wildman–Crippen LogP) is 1.15. The summed E-state index contributed by atoms with van der Waals surface area (Å²) in [6.07, 6.45) is 0. The topological polar surface area (TPSA) is 60.9 Å². The van der Waals surface area contributed by atoms with Crippen LogP contribution in [0.5, 0.6) is 0 Å². The van der Waals surface area contributed by atoms with Crippen molar-refractivity contribution < 1.29 is 13.2 Å². The summed E-state index contributed by atoms with van der Waals surface area (Å²) in [6, 6.07) is 6.30. The Morgan fingerprint density at radius 1 is 1.04 bits per heavy atom. The fourth-order valence-electron chi connectivity index (χ4n) is 2.83. The molecule has 0 unspecified atom stereocenters. The van der Waals surface area contributed by atoms with Gasteiger partial charge in [-0.15, -0.1) is 0 Å². The van der Waals surface area contributed by atoms with E-state index in [-0.39, 0.29) is 10.7 Å². The van der Waals surface area contributed by atoms with E-state index in [1.54, 1.807) is 12.1 Å². The Kier molecular flexibility index (Phi) is 6.51. The molecule has 1 heterocycles. The molecule has 7 heteroatoms. The van der Waals surface area contributed by atoms with Gasteiger partial charge in [0.05, 0.1) is 11.4 Å². The smallest absolute Gasteiger partial charge is 0.243 e. The van der Waals surface area contributed by atoms with E-state index in [2.05, 4.69) is 16.8 Å². The van der Waals surface area contributed by atoms with Crippen LogP contribution in [0.4, 0.5) is 0 Å². The Balaban J connectivity index is 2.05. The molecule has 1 aliphatic rings. The van der Waals surface area contributed by atoms with E-state index in [0.29, 0.717) is 25.2 Å². The van der Waals surface area contributed by atoms with Gasteiger partial charge in [-0.25, -0.2) is 8.42 Å². The Morgan fingerprint density at radius 3 is 2.08 bits per heavy atom. The third-order valence-electron chi connectivity index (χ3n) is 4.48. The highest BCUT2D eigenvalue weighted by Crippen LogP contribution is 2.16. The second-order valence-corrected chi connectivity index (χ2v) is 8.05. The number of hydrogen-bond donors (Lipinski definition) is 0. The van der Waals surface area contributed by atoms with E-state index >= 15 is 0 Å². The number of carbonyl (C=O) groups excluding carboxylic acids is 1. The minimum Gasteiger partial charge on any atom is -0.304 e. The highest BCUT2D eigenvalue weighted by atomic mass is 32.2. The zero-order valence-corrected chi connectivity index (χ0v) is 15.6. The fourth-order valence-corrected chi connectivity index (χ4v) is 4.28. The van der Waals surface area contributed by atoms with Gasteiger partial charge in [0.1, 0.15) is 0 Å². The van der Waals surface area contributed by atoms with Gasteiger partial charge >= 0.3 is 0 Å². The molecule has 1 aromatic carbocycles. The summed E-state index contributed by atoms with van der Waals surface area (Å²) < 4.78 is 26.3. The summed E-state index contributed by atoms with van der Waals surface area (Å²) in [6.45, 7) is 8.59. The van der Waals surface area contributed by atoms with Crippen LogP contribution < -0.4 is 0 Å². The van der Waals surface area contributed by atoms with Gasteiger partial charge in [0, 0.05) is 44.8 Å². The molecule has 0 aromatic heterocycles. The maximum Gasteiger partial charge on any atom is 0.243 e. The lowest BCUT2D eigenvalue weighted by molar-refractivity contribution is 0.0876. The number of carbonyl (C=O) groups is 1. The number of rotatable bonds is 7. The zero-order chi connectivity index (χ0) is 17.7. The van der Waals surface area contributed by atoms with E-state index in [9.17, 15) is 13.2 Å². The molecule has 0 spiro atoms. The predicted molar refractivity (Wildman–Crippen MR) is 94.8 cm³/mol. The minimum absolute atomic E-state index is 0.0336. The van der Waals surface area contributed by atoms with Crippen LogP contribution in [0.25, 0.3) is 0 Å². The second kappa shape index (κ2) is 8.20. The number of ketones is 1. The van der Waals surface area contributed by atoms with Gasteiger partial charge in [0.2, 0.25) is 10.0 Å². The lowest BCUT2D eigenvalue weighted by Crippen LogP contribution is -2.46. The SMILES string of the molecule is CCN(CC)S(=O)(=O)c1ccc(C(=O)CN2CCN(C)CC2)cc1. The van der Waals surface area contributed by atoms with Crippen molar-refractivity contribution in [2.45, 2.75) is 18.7 Å². The molecular formula is C17H27N3O3S. The quantitative estimate of drug-likeness (QED) is 0.688. The van der Waals surface area contributed by atoms with Crippen LogP contribution >= 0.6 is 0 Å². The van der Waals surface area contributed by atoms with E-state index in [1.807, 2.05) is 13.8 Å². The third-order valence-corrected chi connectivity index (χ3v) is 6.55. The van der Waals surface area contributed by atoms with Crippen molar-refractivity contribution in [2.75, 3.05) is 52.9 Å². The maximum atomic E-state index is 12.5. The van der Waals surface area contributed by atoms with Gasteiger partial charge in [-0.3, -0.25) is 9.69 Å². The van der Waals surface area contributed by atoms with E-state index in [4.69, 9.17) is 0 Å². The number of hydrogen-bond acceptors (Lipinski definition) is 5. The van der Waals surface area contributed by atoms with Crippen LogP contribution in [-0.4, -0.2) is 81.2 Å². The number of sulfonamides is 1. The van der Waals surface area contributed by atoms with Crippen molar-refractivity contribution in [3.63, 3.8) is 0 Å². The van der Waals surface area contributed by atoms with Gasteiger partial charge in [0.25, 0.3) is 0 Å². The lowest BCUT2D eigenvalue weighted by Gasteiger charge is -2.31. The molecule has 6 nitrogen and oxygen atoms in total. The van der Waals surface area contributed by atoms with Gasteiger partial charge in [-0.2, -0.15) is 4.31 Å². The standard InChI is InChI=1S/C17H27N3O3S/c1-4-20(5-2)24(22,23)16-8-6-15(7-9-16)17(21)14-19-12-10-18(3)11-13-19/h6-9H,4-5,10-14H2,1-3H3. The van der Waals surface area contributed by atoms with Crippen LogP contribution in [0.15, 0.2) is 29.2 Å². The molecule has 1 saturated heterocycles. The molecule has 0 radical (unpaired) electrons. The largest absolute Gasteiger partial charge is 0.304 e. The summed E-state index contributed by atoms with van der Waals surface area (Å²) >= 11 is 0. The number of likely N-dealkylation sites (N-methyl/N-ethyl adjacent to an activating group) is 1. The van der Waals surface area contributed by atoms with Crippen LogP contribution in [0.1, 0.15) is 24.2 Å². The van der Waals surface area contributed by atoms with Crippen LogP contribution in [-0.2, 0) is 10.0 Å². The van der Waals surface area contributed by atoms with Gasteiger partial charge in [-0.05, 0) is 19.2 Å². The molecule has 0 atom stereocenters. The van der Waals surface area contributed by atoms with Crippen molar-refractivity contribution in [3.05, 3.63) is 29.8 Å². The van der Waals surface area contributed by atoms with Crippen molar-refractivity contribution in [3.8, 4) is 0 Å². The van der Waals surface area contributed by atoms with E-state index in [0.717, 1.165) is 26.2 Å². The number of Topliss-reactive ketones (excluding diaryl/α,β-unsaturated/α-hetero) is 1. The molecular weight excluding hydrogens is 326 g/mol. The first kappa shape index (κ1) is 19.1. The molecule has 0 bridgehead atoms. The average molecular weight is 353 g/mol. The minimum atomic E-state index is -3.47. The van der Waals surface area contributed by atoms with E-state index < -0.39 is 10.0 Å². The first-order valence-electron chi connectivity index (χ1n) is 8.42. The number of benzene rings is 1. The highest BCUT2D eigenvalue weighted by molar-refractivity contribution is 7.89. The zero-order valence-electron chi connectivity index (χ0n) is 14.7. The normalized spacial score (nSPS) is 17.3. The maximum absolute atomic E-state index is 12.5. The third kappa shape index (κ3) is 4.42. The summed E-state index contributed by atoms with van der Waals surface area (Å²) in [7, 11) is -1.39. The van der Waals surface area contributed by atoms with Crippen LogP contribution in [0, 0.1) is 0 Å². The Morgan fingerprint density at radius 2 is 1.58 bits per heavy atom. The van der Waals surface area contributed by atoms with E-state index in [1.165, 1.54) is 16.4 Å². The van der Waals surface area contributed by atoms with Gasteiger partial charge in [0.15, 0.2) is 5.78 Å². The molecule has 0 saturated carbocycles. The average Bonchev–Trinajstić information content (AvgIpc) is 2.58. The van der Waals surface area contributed by atoms with Crippen molar-refractivity contribution >= 4 is 15.8 Å². The lowest BCUT2D eigenvalue weighted by atomic mass is 10.1. The fraction of sp³-hybridized carbons (Fsp3) is 0.588. The molecule has 0 amide bonds. The van der Waals surface area contributed by atoms with Crippen molar-refractivity contribution in [1.82, 2.24) is 14.1 Å². The molecule has 134 valence electrons. The molecule has 2 rings (SSSR count). The van der Waals surface area contributed by atoms with Crippen molar-refractivity contribution in [2.24, 2.45) is 0 Å². The molecule has 0 aliphatic carbocycles. The Labute approximate surface area is 145 Å². The molecule has 24 heavy (non-hydrogen) atoms. The van der Waals surface area contributed by atoms with Gasteiger partial charge < -0.3 is 4.90 Å². The number of piperazine rings is 1.